The van der Waals surface area contributed by atoms with Crippen molar-refractivity contribution in [1.82, 2.24) is 4.98 Å². The Hall–Kier alpha value is -0.880. The van der Waals surface area contributed by atoms with Crippen LogP contribution in [0, 0.1) is 3.57 Å². The third-order valence-electron chi connectivity index (χ3n) is 3.44. The van der Waals surface area contributed by atoms with Crippen molar-refractivity contribution in [2.24, 2.45) is 0 Å². The Morgan fingerprint density at radius 2 is 2.22 bits per heavy atom. The monoisotopic (exact) mass is 373 g/mol. The lowest BCUT2D eigenvalue weighted by Gasteiger charge is -2.10. The minimum Gasteiger partial charge on any atom is -0.481 e. The fourth-order valence-corrected chi connectivity index (χ4v) is 3.56. The van der Waals surface area contributed by atoms with Gasteiger partial charge in [0, 0.05) is 15.2 Å². The number of benzene rings is 1. The number of aryl methyl sites for hydroxylation is 1. The lowest BCUT2D eigenvalue weighted by atomic mass is 9.98. The molecular weight excluding hydrogens is 365 g/mol. The molecule has 0 saturated heterocycles. The zero-order chi connectivity index (χ0) is 12.9. The summed E-state index contributed by atoms with van der Waals surface area (Å²) in [6, 6.07) is 3.81. The highest BCUT2D eigenvalue weighted by molar-refractivity contribution is 14.1. The molecule has 0 radical (unpaired) electrons. The molecule has 0 spiro atoms. The van der Waals surface area contributed by atoms with Crippen LogP contribution >= 0.6 is 34.2 Å². The number of hydrogen-bond acceptors (Lipinski definition) is 2. The van der Waals surface area contributed by atoms with Gasteiger partial charge in [0.25, 0.3) is 0 Å². The van der Waals surface area contributed by atoms with Gasteiger partial charge in [-0.25, -0.2) is 4.98 Å². The van der Waals surface area contributed by atoms with Crippen molar-refractivity contribution in [3.05, 3.63) is 38.2 Å². The Morgan fingerprint density at radius 1 is 1.44 bits per heavy atom. The molecule has 1 aliphatic rings. The van der Waals surface area contributed by atoms with Crippen molar-refractivity contribution in [3.8, 4) is 0 Å². The maximum absolute atomic E-state index is 11.2. The maximum atomic E-state index is 11.2. The number of nitrogens with zero attached hydrogens (tertiary/aromatic N) is 1. The molecule has 1 heterocycles. The zero-order valence-corrected chi connectivity index (χ0v) is 12.2. The number of aliphatic carboxylic acids is 1. The second-order valence-electron chi connectivity index (χ2n) is 4.41. The first-order valence-electron chi connectivity index (χ1n) is 5.57. The van der Waals surface area contributed by atoms with Gasteiger partial charge in [-0.2, -0.15) is 0 Å². The molecule has 3 rings (SSSR count). The number of pyridine rings is 1. The molecule has 1 atom stereocenters. The summed E-state index contributed by atoms with van der Waals surface area (Å²) >= 11 is 8.13. The first-order chi connectivity index (χ1) is 8.58. The second kappa shape index (κ2) is 4.35. The van der Waals surface area contributed by atoms with E-state index in [2.05, 4.69) is 27.6 Å². The van der Waals surface area contributed by atoms with E-state index in [-0.39, 0.29) is 5.92 Å². The van der Waals surface area contributed by atoms with E-state index in [9.17, 15) is 9.90 Å². The molecule has 2 aromatic rings. The van der Waals surface area contributed by atoms with Crippen LogP contribution in [-0.4, -0.2) is 16.1 Å². The number of carboxylic acid groups (broad SMARTS) is 1. The third-order valence-corrected chi connectivity index (χ3v) is 4.54. The maximum Gasteiger partial charge on any atom is 0.310 e. The lowest BCUT2D eigenvalue weighted by Crippen LogP contribution is -2.08. The fourth-order valence-electron chi connectivity index (χ4n) is 2.62. The Kier molecular flexibility index (Phi) is 2.94. The van der Waals surface area contributed by atoms with Gasteiger partial charge in [-0.1, -0.05) is 11.6 Å². The summed E-state index contributed by atoms with van der Waals surface area (Å²) in [5.41, 5.74) is 2.05. The molecule has 0 amide bonds. The Balaban J connectivity index is 2.32. The molecule has 0 saturated carbocycles. The molecule has 1 unspecified atom stereocenters. The van der Waals surface area contributed by atoms with Gasteiger partial charge in [0.1, 0.15) is 5.15 Å². The van der Waals surface area contributed by atoms with Crippen LogP contribution in [0.5, 0.6) is 0 Å². The topological polar surface area (TPSA) is 50.2 Å². The molecule has 5 heteroatoms. The van der Waals surface area contributed by atoms with Crippen molar-refractivity contribution >= 4 is 50.9 Å². The first-order valence-corrected chi connectivity index (χ1v) is 7.03. The number of aromatic nitrogens is 1. The van der Waals surface area contributed by atoms with Crippen LogP contribution in [0.3, 0.4) is 0 Å². The van der Waals surface area contributed by atoms with Gasteiger partial charge in [-0.05, 0) is 64.1 Å². The van der Waals surface area contributed by atoms with Crippen molar-refractivity contribution in [3.63, 3.8) is 0 Å². The van der Waals surface area contributed by atoms with E-state index in [4.69, 9.17) is 11.6 Å². The van der Waals surface area contributed by atoms with E-state index in [0.29, 0.717) is 11.6 Å². The molecule has 92 valence electrons. The van der Waals surface area contributed by atoms with Crippen LogP contribution in [0.4, 0.5) is 0 Å². The molecule has 1 aromatic carbocycles. The van der Waals surface area contributed by atoms with Crippen LogP contribution in [0.25, 0.3) is 10.8 Å². The van der Waals surface area contributed by atoms with Crippen LogP contribution in [0.1, 0.15) is 23.5 Å². The molecule has 0 bridgehead atoms. The minimum absolute atomic E-state index is 0.381. The zero-order valence-electron chi connectivity index (χ0n) is 9.28. The molecule has 0 aliphatic heterocycles. The van der Waals surface area contributed by atoms with Crippen molar-refractivity contribution in [1.29, 1.82) is 0 Å². The first kappa shape index (κ1) is 12.2. The average molecular weight is 374 g/mol. The standard InChI is InChI=1S/C13H9ClINO2/c14-12-4-9-10(5-16-12)6-1-2-7(13(17)18)8(6)3-11(9)15/h3-5,7H,1-2H2,(H,17,18). The summed E-state index contributed by atoms with van der Waals surface area (Å²) in [5.74, 6) is -1.13. The van der Waals surface area contributed by atoms with Crippen LogP contribution in [0.2, 0.25) is 5.15 Å². The number of rotatable bonds is 1. The summed E-state index contributed by atoms with van der Waals surface area (Å²) in [6.07, 6.45) is 3.22. The molecular formula is C13H9ClINO2. The van der Waals surface area contributed by atoms with Crippen molar-refractivity contribution in [2.75, 3.05) is 0 Å². The summed E-state index contributed by atoms with van der Waals surface area (Å²) < 4.78 is 1.03. The lowest BCUT2D eigenvalue weighted by molar-refractivity contribution is -0.138. The molecule has 3 nitrogen and oxygen atoms in total. The van der Waals surface area contributed by atoms with E-state index in [1.165, 1.54) is 0 Å². The highest BCUT2D eigenvalue weighted by atomic mass is 127. The SMILES string of the molecule is O=C(O)C1CCc2c1cc(I)c1cc(Cl)ncc21. The van der Waals surface area contributed by atoms with Crippen molar-refractivity contribution < 1.29 is 9.90 Å². The summed E-state index contributed by atoms with van der Waals surface area (Å²) in [7, 11) is 0. The predicted molar refractivity (Wildman–Crippen MR) is 78.2 cm³/mol. The van der Waals surface area contributed by atoms with Crippen LogP contribution in [0.15, 0.2) is 18.3 Å². The quantitative estimate of drug-likeness (QED) is 0.614. The summed E-state index contributed by atoms with van der Waals surface area (Å²) in [6.45, 7) is 0. The number of halogens is 2. The smallest absolute Gasteiger partial charge is 0.310 e. The van der Waals surface area contributed by atoms with Crippen LogP contribution in [-0.2, 0) is 11.2 Å². The van der Waals surface area contributed by atoms with Gasteiger partial charge in [0.2, 0.25) is 0 Å². The van der Waals surface area contributed by atoms with Gasteiger partial charge < -0.3 is 5.11 Å². The van der Waals surface area contributed by atoms with E-state index < -0.39 is 5.97 Å². The normalized spacial score (nSPS) is 18.0. The highest BCUT2D eigenvalue weighted by Gasteiger charge is 2.30. The van der Waals surface area contributed by atoms with Crippen molar-refractivity contribution in [2.45, 2.75) is 18.8 Å². The van der Waals surface area contributed by atoms with E-state index in [1.807, 2.05) is 12.1 Å². The van der Waals surface area contributed by atoms with Gasteiger partial charge in [0.05, 0.1) is 5.92 Å². The fraction of sp³-hybridized carbons (Fsp3) is 0.231. The van der Waals surface area contributed by atoms with E-state index in [0.717, 1.165) is 31.9 Å². The largest absolute Gasteiger partial charge is 0.481 e. The molecule has 1 N–H and O–H groups in total. The number of carbonyl (C=O) groups is 1. The van der Waals surface area contributed by atoms with Gasteiger partial charge in [-0.15, -0.1) is 0 Å². The minimum atomic E-state index is -0.745. The molecule has 1 aromatic heterocycles. The third kappa shape index (κ3) is 1.78. The van der Waals surface area contributed by atoms with Gasteiger partial charge in [-0.3, -0.25) is 4.79 Å². The Bertz CT molecular complexity index is 672. The Labute approximate surface area is 122 Å². The number of carboxylic acids is 1. The van der Waals surface area contributed by atoms with Gasteiger partial charge >= 0.3 is 5.97 Å². The van der Waals surface area contributed by atoms with Gasteiger partial charge in [0.15, 0.2) is 0 Å². The summed E-state index contributed by atoms with van der Waals surface area (Å²) in [5, 5.41) is 11.8. The Morgan fingerprint density at radius 3 is 2.94 bits per heavy atom. The van der Waals surface area contributed by atoms with E-state index in [1.54, 1.807) is 6.20 Å². The predicted octanol–water partition coefficient (Wildman–Crippen LogP) is 3.61. The van der Waals surface area contributed by atoms with Crippen LogP contribution < -0.4 is 0 Å². The van der Waals surface area contributed by atoms with E-state index >= 15 is 0 Å². The molecule has 0 fully saturated rings. The summed E-state index contributed by atoms with van der Waals surface area (Å²) in [4.78, 5) is 15.3. The molecule has 1 aliphatic carbocycles. The molecule has 18 heavy (non-hydrogen) atoms. The highest BCUT2D eigenvalue weighted by Crippen LogP contribution is 2.39. The number of fused-ring (bicyclic) bond motifs is 3. The number of hydrogen-bond donors (Lipinski definition) is 1. The average Bonchev–Trinajstić information content (AvgIpc) is 2.73. The second-order valence-corrected chi connectivity index (χ2v) is 5.96.